The zero-order chi connectivity index (χ0) is 9.78. The highest BCUT2D eigenvalue weighted by Gasteiger charge is 1.91. The Morgan fingerprint density at radius 1 is 0.846 bits per heavy atom. The van der Waals surface area contributed by atoms with Crippen LogP contribution >= 0.6 is 11.8 Å². The average molecular weight is 201 g/mol. The number of thioether (sulfide) groups is 1. The Bertz CT molecular complexity index is 71.2. The summed E-state index contributed by atoms with van der Waals surface area (Å²) in [4.78, 5) is 0. The summed E-state index contributed by atoms with van der Waals surface area (Å²) < 4.78 is 0. The summed E-state index contributed by atoms with van der Waals surface area (Å²) in [5.41, 5.74) is 0. The summed E-state index contributed by atoms with van der Waals surface area (Å²) in [6, 6.07) is 0. The van der Waals surface area contributed by atoms with Crippen LogP contribution < -0.4 is 0 Å². The van der Waals surface area contributed by atoms with Crippen LogP contribution in [0, 0.1) is 6.92 Å². The van der Waals surface area contributed by atoms with Gasteiger partial charge in [-0.25, -0.2) is 0 Å². The third-order valence-corrected chi connectivity index (χ3v) is 3.41. The van der Waals surface area contributed by atoms with E-state index in [0.29, 0.717) is 0 Å². The monoisotopic (exact) mass is 201 g/mol. The molecule has 0 aliphatic rings. The van der Waals surface area contributed by atoms with Crippen LogP contribution in [0.25, 0.3) is 0 Å². The fraction of sp³-hybridized carbons (Fsp3) is 0.917. The molecular formula is C12H25S. The van der Waals surface area contributed by atoms with E-state index in [4.69, 9.17) is 0 Å². The van der Waals surface area contributed by atoms with Gasteiger partial charge in [0.25, 0.3) is 0 Å². The molecule has 13 heavy (non-hydrogen) atoms. The van der Waals surface area contributed by atoms with Crippen LogP contribution in [-0.2, 0) is 0 Å². The normalized spacial score (nSPS) is 10.6. The van der Waals surface area contributed by atoms with E-state index in [9.17, 15) is 0 Å². The van der Waals surface area contributed by atoms with Gasteiger partial charge in [-0.3, -0.25) is 0 Å². The van der Waals surface area contributed by atoms with Gasteiger partial charge in [0, 0.05) is 0 Å². The van der Waals surface area contributed by atoms with Crippen LogP contribution in [0.15, 0.2) is 0 Å². The van der Waals surface area contributed by atoms with Crippen LogP contribution in [0.5, 0.6) is 0 Å². The molecule has 0 nitrogen and oxygen atoms in total. The highest BCUT2D eigenvalue weighted by molar-refractivity contribution is 7.99. The van der Waals surface area contributed by atoms with E-state index in [2.05, 4.69) is 25.6 Å². The second-order valence-electron chi connectivity index (χ2n) is 3.59. The summed E-state index contributed by atoms with van der Waals surface area (Å²) in [7, 11) is 0. The summed E-state index contributed by atoms with van der Waals surface area (Å²) in [6.07, 6.45) is 10.9. The van der Waals surface area contributed by atoms with Crippen molar-refractivity contribution in [3.8, 4) is 0 Å². The van der Waals surface area contributed by atoms with Gasteiger partial charge < -0.3 is 0 Å². The minimum Gasteiger partial charge on any atom is -0.162 e. The molecule has 0 aromatic carbocycles. The quantitative estimate of drug-likeness (QED) is 0.462. The summed E-state index contributed by atoms with van der Waals surface area (Å²) in [6.45, 7) is 6.11. The lowest BCUT2D eigenvalue weighted by atomic mass is 10.1. The lowest BCUT2D eigenvalue weighted by Gasteiger charge is -2.00. The number of hydrogen-bond acceptors (Lipinski definition) is 1. The topological polar surface area (TPSA) is 0 Å². The first-order chi connectivity index (χ1) is 6.41. The molecule has 79 valence electrons. The molecule has 0 saturated carbocycles. The van der Waals surface area contributed by atoms with Crippen molar-refractivity contribution in [3.05, 3.63) is 6.92 Å². The van der Waals surface area contributed by atoms with E-state index in [1.54, 1.807) is 0 Å². The SMILES string of the molecule is [CH2]CCCCCCCCSCCC. The molecular weight excluding hydrogens is 176 g/mol. The zero-order valence-corrected chi connectivity index (χ0v) is 10.0. The molecule has 0 rings (SSSR count). The van der Waals surface area contributed by atoms with Crippen molar-refractivity contribution in [2.75, 3.05) is 11.5 Å². The van der Waals surface area contributed by atoms with E-state index in [1.165, 1.54) is 56.5 Å². The maximum Gasteiger partial charge on any atom is -0.00675 e. The summed E-state index contributed by atoms with van der Waals surface area (Å²) in [5, 5.41) is 0. The molecule has 0 fully saturated rings. The first-order valence-corrected chi connectivity index (χ1v) is 6.94. The van der Waals surface area contributed by atoms with Gasteiger partial charge in [-0.2, -0.15) is 11.8 Å². The molecule has 0 spiro atoms. The van der Waals surface area contributed by atoms with Crippen molar-refractivity contribution in [3.63, 3.8) is 0 Å². The number of rotatable bonds is 10. The lowest BCUT2D eigenvalue weighted by molar-refractivity contribution is 0.612. The molecule has 0 aromatic rings. The maximum absolute atomic E-state index is 3.85. The fourth-order valence-electron chi connectivity index (χ4n) is 1.33. The Morgan fingerprint density at radius 3 is 2.08 bits per heavy atom. The predicted octanol–water partition coefficient (Wildman–Crippen LogP) is 4.69. The first-order valence-electron chi connectivity index (χ1n) is 5.78. The van der Waals surface area contributed by atoms with Crippen LogP contribution in [0.2, 0.25) is 0 Å². The number of hydrogen-bond donors (Lipinski definition) is 0. The van der Waals surface area contributed by atoms with E-state index in [1.807, 2.05) is 0 Å². The van der Waals surface area contributed by atoms with Crippen molar-refractivity contribution in [2.24, 2.45) is 0 Å². The van der Waals surface area contributed by atoms with Gasteiger partial charge >= 0.3 is 0 Å². The van der Waals surface area contributed by atoms with Crippen molar-refractivity contribution in [2.45, 2.75) is 58.3 Å². The highest BCUT2D eigenvalue weighted by Crippen LogP contribution is 2.10. The Labute approximate surface area is 88.9 Å². The second-order valence-corrected chi connectivity index (χ2v) is 4.81. The fourth-order valence-corrected chi connectivity index (χ4v) is 2.24. The van der Waals surface area contributed by atoms with Crippen LogP contribution in [0.3, 0.4) is 0 Å². The highest BCUT2D eigenvalue weighted by atomic mass is 32.2. The Balaban J connectivity index is 2.76. The van der Waals surface area contributed by atoms with E-state index in [0.717, 1.165) is 6.42 Å². The molecule has 0 unspecified atom stereocenters. The van der Waals surface area contributed by atoms with Crippen molar-refractivity contribution < 1.29 is 0 Å². The minimum atomic E-state index is 1.12. The lowest BCUT2D eigenvalue weighted by Crippen LogP contribution is -1.84. The molecule has 0 heterocycles. The van der Waals surface area contributed by atoms with Gasteiger partial charge in [0.2, 0.25) is 0 Å². The smallest absolute Gasteiger partial charge is 0.00675 e. The summed E-state index contributed by atoms with van der Waals surface area (Å²) in [5.74, 6) is 2.73. The van der Waals surface area contributed by atoms with Crippen LogP contribution in [0.1, 0.15) is 58.3 Å². The number of unbranched alkanes of at least 4 members (excludes halogenated alkanes) is 6. The predicted molar refractivity (Wildman–Crippen MR) is 65.3 cm³/mol. The average Bonchev–Trinajstić information content (AvgIpc) is 2.16. The van der Waals surface area contributed by atoms with Crippen LogP contribution in [-0.4, -0.2) is 11.5 Å². The molecule has 0 aliphatic carbocycles. The van der Waals surface area contributed by atoms with Crippen LogP contribution in [0.4, 0.5) is 0 Å². The molecule has 0 bridgehead atoms. The van der Waals surface area contributed by atoms with Gasteiger partial charge in [-0.1, -0.05) is 52.4 Å². The van der Waals surface area contributed by atoms with Crippen molar-refractivity contribution >= 4 is 11.8 Å². The van der Waals surface area contributed by atoms with Gasteiger partial charge in [-0.15, -0.1) is 0 Å². The standard InChI is InChI=1S/C12H25S/c1-3-5-6-7-8-9-10-12-13-11-4-2/h1,3-12H2,2H3. The van der Waals surface area contributed by atoms with E-state index >= 15 is 0 Å². The molecule has 0 aromatic heterocycles. The minimum absolute atomic E-state index is 1.12. The molecule has 1 heteroatoms. The summed E-state index contributed by atoms with van der Waals surface area (Å²) >= 11 is 2.11. The molecule has 0 amide bonds. The molecule has 0 aliphatic heterocycles. The molecule has 1 radical (unpaired) electrons. The third kappa shape index (κ3) is 12.4. The van der Waals surface area contributed by atoms with Crippen molar-refractivity contribution in [1.29, 1.82) is 0 Å². The molecule has 0 saturated heterocycles. The largest absolute Gasteiger partial charge is 0.162 e. The molecule has 0 N–H and O–H groups in total. The van der Waals surface area contributed by atoms with E-state index in [-0.39, 0.29) is 0 Å². The Morgan fingerprint density at radius 2 is 1.46 bits per heavy atom. The molecule has 0 atom stereocenters. The van der Waals surface area contributed by atoms with Crippen molar-refractivity contribution in [1.82, 2.24) is 0 Å². The second kappa shape index (κ2) is 12.3. The van der Waals surface area contributed by atoms with Gasteiger partial charge in [0.15, 0.2) is 0 Å². The zero-order valence-electron chi connectivity index (χ0n) is 9.19. The van der Waals surface area contributed by atoms with Gasteiger partial charge in [-0.05, 0) is 24.3 Å². The third-order valence-electron chi connectivity index (χ3n) is 2.14. The Hall–Kier alpha value is 0.350. The first kappa shape index (κ1) is 13.4. The van der Waals surface area contributed by atoms with Gasteiger partial charge in [0.05, 0.1) is 0 Å². The van der Waals surface area contributed by atoms with E-state index < -0.39 is 0 Å². The van der Waals surface area contributed by atoms with Gasteiger partial charge in [0.1, 0.15) is 0 Å². The maximum atomic E-state index is 3.85. The Kier molecular flexibility index (Phi) is 12.7.